The second kappa shape index (κ2) is 14.9. The van der Waals surface area contributed by atoms with Gasteiger partial charge in [0.1, 0.15) is 21.0 Å². The van der Waals surface area contributed by atoms with Crippen LogP contribution in [0, 0.1) is 10.8 Å². The predicted molar refractivity (Wildman–Crippen MR) is 147 cm³/mol. The Kier molecular flexibility index (Phi) is 13.3. The fourth-order valence-electron chi connectivity index (χ4n) is 5.28. The summed E-state index contributed by atoms with van der Waals surface area (Å²) in [6, 6.07) is 0. The molecule has 2 heterocycles. The smallest absolute Gasteiger partial charge is 0.134 e. The maximum atomic E-state index is 13.2. The average molecular weight is 517 g/mol. The molecule has 200 valence electrons. The maximum Gasteiger partial charge on any atom is 0.134 e. The quantitative estimate of drug-likeness (QED) is 0.167. The number of unbranched alkanes of at least 4 members (excludes halogenated alkanes) is 2. The van der Waals surface area contributed by atoms with Crippen molar-refractivity contribution in [1.82, 2.24) is 0 Å². The number of aliphatic hydroxyl groups is 2. The molecule has 6 atom stereocenters. The summed E-state index contributed by atoms with van der Waals surface area (Å²) in [6.07, 6.45) is 19.1. The molecule has 2 aliphatic rings. The molecule has 0 bridgehead atoms. The van der Waals surface area contributed by atoms with Gasteiger partial charge in [-0.05, 0) is 122 Å². The summed E-state index contributed by atoms with van der Waals surface area (Å²) in [4.78, 5) is 0. The summed E-state index contributed by atoms with van der Waals surface area (Å²) in [5, 5.41) is 19.7. The summed E-state index contributed by atoms with van der Waals surface area (Å²) in [5.74, 6) is 0. The molecule has 2 aliphatic heterocycles. The molecule has 0 amide bonds. The standard InChI is InChI=1S/C28H52O4S2/c1-27(2,21-29)19-7-5-11-23-13-9-15-25(33(23)31)17-18-26-16-10-14-24(34(26)32)12-6-8-20-28(3,4)22-30/h17-18,23-26,29-30H,5-16,19-22H2,1-4H3. The molecule has 0 aliphatic carbocycles. The third kappa shape index (κ3) is 10.3. The number of aliphatic hydroxyl groups excluding tert-OH is 2. The van der Waals surface area contributed by atoms with Gasteiger partial charge >= 0.3 is 0 Å². The lowest BCUT2D eigenvalue weighted by Gasteiger charge is -2.33. The number of hydrogen-bond acceptors (Lipinski definition) is 4. The Balaban J connectivity index is 1.78. The highest BCUT2D eigenvalue weighted by molar-refractivity contribution is 7.93. The van der Waals surface area contributed by atoms with Crippen molar-refractivity contribution in [3.8, 4) is 0 Å². The second-order valence-corrected chi connectivity index (χ2v) is 16.2. The molecule has 34 heavy (non-hydrogen) atoms. The van der Waals surface area contributed by atoms with Gasteiger partial charge in [-0.3, -0.25) is 0 Å². The first-order valence-corrected chi connectivity index (χ1v) is 16.3. The first-order valence-electron chi connectivity index (χ1n) is 13.8. The molecule has 2 rings (SSSR count). The molecule has 4 nitrogen and oxygen atoms in total. The molecule has 6 unspecified atom stereocenters. The summed E-state index contributed by atoms with van der Waals surface area (Å²) in [7, 11) is 0. The normalized spacial score (nSPS) is 31.3. The monoisotopic (exact) mass is 516 g/mol. The van der Waals surface area contributed by atoms with Gasteiger partial charge < -0.3 is 19.3 Å². The lowest BCUT2D eigenvalue weighted by Crippen LogP contribution is -2.37. The van der Waals surface area contributed by atoms with Gasteiger partial charge in [-0.1, -0.05) is 40.5 Å². The molecule has 0 aromatic heterocycles. The van der Waals surface area contributed by atoms with E-state index in [4.69, 9.17) is 0 Å². The van der Waals surface area contributed by atoms with Crippen LogP contribution in [0.3, 0.4) is 0 Å². The van der Waals surface area contributed by atoms with E-state index in [0.29, 0.717) is 0 Å². The van der Waals surface area contributed by atoms with Crippen LogP contribution in [0.15, 0.2) is 12.2 Å². The fraction of sp³-hybridized carbons (Fsp3) is 0.929. The zero-order valence-corrected chi connectivity index (χ0v) is 23.9. The molecular formula is C28H52O4S2. The zero-order chi connectivity index (χ0) is 25.2. The summed E-state index contributed by atoms with van der Waals surface area (Å²) < 4.78 is 26.4. The van der Waals surface area contributed by atoms with E-state index < -0.39 is 22.4 Å². The van der Waals surface area contributed by atoms with Crippen molar-refractivity contribution < 1.29 is 19.3 Å². The van der Waals surface area contributed by atoms with Crippen LogP contribution in [-0.2, 0) is 22.4 Å². The Hall–Kier alpha value is 0.280. The molecule has 0 saturated carbocycles. The van der Waals surface area contributed by atoms with Crippen molar-refractivity contribution >= 4 is 22.4 Å². The Bertz CT molecular complexity index is 545. The third-order valence-corrected chi connectivity index (χ3v) is 12.2. The number of hydrogen-bond donors (Lipinski definition) is 2. The highest BCUT2D eigenvalue weighted by Crippen LogP contribution is 2.34. The van der Waals surface area contributed by atoms with Crippen molar-refractivity contribution in [3.63, 3.8) is 0 Å². The first-order chi connectivity index (χ1) is 16.1. The molecule has 2 fully saturated rings. The van der Waals surface area contributed by atoms with Crippen molar-refractivity contribution in [3.05, 3.63) is 12.2 Å². The van der Waals surface area contributed by atoms with Crippen LogP contribution in [0.25, 0.3) is 0 Å². The Morgan fingerprint density at radius 3 is 1.41 bits per heavy atom. The topological polar surface area (TPSA) is 86.6 Å². The minimum atomic E-state index is -0.838. The Morgan fingerprint density at radius 2 is 1.06 bits per heavy atom. The molecule has 0 radical (unpaired) electrons. The maximum absolute atomic E-state index is 13.2. The molecule has 2 saturated heterocycles. The fourth-order valence-corrected chi connectivity index (χ4v) is 9.15. The van der Waals surface area contributed by atoms with Crippen LogP contribution in [0.4, 0.5) is 0 Å². The molecule has 0 aromatic carbocycles. The van der Waals surface area contributed by atoms with E-state index in [2.05, 4.69) is 39.8 Å². The van der Waals surface area contributed by atoms with Crippen molar-refractivity contribution in [2.45, 2.75) is 139 Å². The van der Waals surface area contributed by atoms with Gasteiger partial charge in [0.25, 0.3) is 0 Å². The van der Waals surface area contributed by atoms with Crippen LogP contribution in [-0.4, -0.2) is 53.5 Å². The summed E-state index contributed by atoms with van der Waals surface area (Å²) >= 11 is -1.68. The van der Waals surface area contributed by atoms with Gasteiger partial charge in [0.15, 0.2) is 0 Å². The van der Waals surface area contributed by atoms with Gasteiger partial charge in [-0.2, -0.15) is 0 Å². The second-order valence-electron chi connectivity index (χ2n) is 12.4. The lowest BCUT2D eigenvalue weighted by atomic mass is 9.88. The van der Waals surface area contributed by atoms with E-state index in [1.807, 2.05) is 0 Å². The van der Waals surface area contributed by atoms with Gasteiger partial charge in [-0.25, -0.2) is 0 Å². The van der Waals surface area contributed by atoms with Crippen molar-refractivity contribution in [2.75, 3.05) is 13.2 Å². The minimum absolute atomic E-state index is 0.0134. The van der Waals surface area contributed by atoms with E-state index in [1.165, 1.54) is 0 Å². The van der Waals surface area contributed by atoms with E-state index in [9.17, 15) is 19.3 Å². The van der Waals surface area contributed by atoms with Crippen LogP contribution < -0.4 is 0 Å². The average Bonchev–Trinajstić information content (AvgIpc) is 2.81. The van der Waals surface area contributed by atoms with Gasteiger partial charge in [0.05, 0.1) is 0 Å². The zero-order valence-electron chi connectivity index (χ0n) is 22.3. The summed E-state index contributed by atoms with van der Waals surface area (Å²) in [5.41, 5.74) is -0.0268. The molecule has 0 aromatic rings. The van der Waals surface area contributed by atoms with Gasteiger partial charge in [0, 0.05) is 13.2 Å². The SMILES string of the molecule is CC(C)(CO)CCCCC1CCCC(C=CC2CCCC(CCCCC(C)(C)CO)[S+]2[O-])[S+]1[O-]. The van der Waals surface area contributed by atoms with E-state index in [0.717, 1.165) is 89.9 Å². The Morgan fingerprint density at radius 1 is 0.676 bits per heavy atom. The van der Waals surface area contributed by atoms with Gasteiger partial charge in [-0.15, -0.1) is 0 Å². The van der Waals surface area contributed by atoms with Crippen LogP contribution >= 0.6 is 0 Å². The highest BCUT2D eigenvalue weighted by atomic mass is 32.2. The highest BCUT2D eigenvalue weighted by Gasteiger charge is 2.36. The first kappa shape index (κ1) is 30.5. The number of rotatable bonds is 14. The van der Waals surface area contributed by atoms with Crippen LogP contribution in [0.2, 0.25) is 0 Å². The minimum Gasteiger partial charge on any atom is -0.616 e. The molecule has 0 spiro atoms. The molecule has 2 N–H and O–H groups in total. The summed E-state index contributed by atoms with van der Waals surface area (Å²) in [6.45, 7) is 8.85. The van der Waals surface area contributed by atoms with Crippen LogP contribution in [0.5, 0.6) is 0 Å². The van der Waals surface area contributed by atoms with E-state index >= 15 is 0 Å². The third-order valence-electron chi connectivity index (χ3n) is 7.94. The molecular weight excluding hydrogens is 464 g/mol. The lowest BCUT2D eigenvalue weighted by molar-refractivity contribution is 0.147. The van der Waals surface area contributed by atoms with E-state index in [1.54, 1.807) is 0 Å². The van der Waals surface area contributed by atoms with E-state index in [-0.39, 0.29) is 45.0 Å². The Labute approximate surface area is 216 Å². The van der Waals surface area contributed by atoms with Crippen molar-refractivity contribution in [1.29, 1.82) is 0 Å². The van der Waals surface area contributed by atoms with Gasteiger partial charge in [0.2, 0.25) is 0 Å². The predicted octanol–water partition coefficient (Wildman–Crippen LogP) is 6.04. The largest absolute Gasteiger partial charge is 0.616 e. The molecule has 6 heteroatoms. The van der Waals surface area contributed by atoms with Crippen LogP contribution in [0.1, 0.15) is 118 Å². The van der Waals surface area contributed by atoms with Crippen molar-refractivity contribution in [2.24, 2.45) is 10.8 Å².